The predicted octanol–water partition coefficient (Wildman–Crippen LogP) is 0.347. The Morgan fingerprint density at radius 1 is 1.44 bits per heavy atom. The zero-order chi connectivity index (χ0) is 11.6. The van der Waals surface area contributed by atoms with Gasteiger partial charge in [-0.05, 0) is 25.5 Å². The maximum absolute atomic E-state index is 11.4. The molecule has 0 radical (unpaired) electrons. The highest BCUT2D eigenvalue weighted by atomic mass is 32.2. The van der Waals surface area contributed by atoms with Gasteiger partial charge >= 0.3 is 0 Å². The van der Waals surface area contributed by atoms with Gasteiger partial charge < -0.3 is 5.32 Å². The van der Waals surface area contributed by atoms with Gasteiger partial charge in [-0.25, -0.2) is 18.4 Å². The van der Waals surface area contributed by atoms with E-state index in [1.165, 1.54) is 6.33 Å². The van der Waals surface area contributed by atoms with Crippen LogP contribution in [0.2, 0.25) is 0 Å². The van der Waals surface area contributed by atoms with E-state index in [0.717, 1.165) is 37.9 Å². The minimum absolute atomic E-state index is 0.114. The van der Waals surface area contributed by atoms with E-state index in [9.17, 15) is 8.42 Å². The molecule has 2 rings (SSSR count). The Bertz CT molecular complexity index is 467. The summed E-state index contributed by atoms with van der Waals surface area (Å²) in [7, 11) is -3.24. The van der Waals surface area contributed by atoms with Crippen LogP contribution in [0.25, 0.3) is 0 Å². The van der Waals surface area contributed by atoms with E-state index in [1.54, 1.807) is 6.07 Å². The second kappa shape index (κ2) is 4.47. The third-order valence-electron chi connectivity index (χ3n) is 2.76. The number of hydrogen-bond acceptors (Lipinski definition) is 5. The molecule has 0 saturated carbocycles. The Balaban J connectivity index is 2.28. The van der Waals surface area contributed by atoms with Crippen molar-refractivity contribution in [3.63, 3.8) is 0 Å². The fourth-order valence-corrected chi connectivity index (χ4v) is 2.46. The van der Waals surface area contributed by atoms with Crippen LogP contribution in [-0.2, 0) is 9.84 Å². The molecule has 0 spiro atoms. The van der Waals surface area contributed by atoms with Crippen LogP contribution in [0.5, 0.6) is 0 Å². The van der Waals surface area contributed by atoms with Gasteiger partial charge in [0.1, 0.15) is 6.33 Å². The fourth-order valence-electron chi connectivity index (χ4n) is 1.88. The second-order valence-corrected chi connectivity index (χ2v) is 6.06. The molecule has 1 aliphatic heterocycles. The molecule has 5 nitrogen and oxygen atoms in total. The van der Waals surface area contributed by atoms with Crippen LogP contribution in [0.3, 0.4) is 0 Å². The lowest BCUT2D eigenvalue weighted by molar-refractivity contribution is 0.453. The molecule has 2 heterocycles. The first-order valence-electron chi connectivity index (χ1n) is 5.30. The smallest absolute Gasteiger partial charge is 0.192 e. The summed E-state index contributed by atoms with van der Waals surface area (Å²) >= 11 is 0. The van der Waals surface area contributed by atoms with Gasteiger partial charge in [-0.1, -0.05) is 0 Å². The topological polar surface area (TPSA) is 72.0 Å². The van der Waals surface area contributed by atoms with E-state index in [2.05, 4.69) is 15.3 Å². The van der Waals surface area contributed by atoms with Crippen LogP contribution in [0.1, 0.15) is 24.5 Å². The lowest BCUT2D eigenvalue weighted by Crippen LogP contribution is -2.29. The van der Waals surface area contributed by atoms with Crippen LogP contribution in [0, 0.1) is 0 Å². The monoisotopic (exact) mass is 241 g/mol. The summed E-state index contributed by atoms with van der Waals surface area (Å²) in [5, 5.41) is 3.40. The SMILES string of the molecule is CS(=O)(=O)c1cc(C2CCCNC2)ncn1. The molecule has 1 N–H and O–H groups in total. The maximum atomic E-state index is 11.4. The van der Waals surface area contributed by atoms with Gasteiger partial charge in [0.05, 0.1) is 0 Å². The quantitative estimate of drug-likeness (QED) is 0.756. The molecule has 1 atom stereocenters. The number of hydrogen-bond donors (Lipinski definition) is 1. The van der Waals surface area contributed by atoms with Crippen molar-refractivity contribution in [1.82, 2.24) is 15.3 Å². The third-order valence-corrected chi connectivity index (χ3v) is 3.74. The van der Waals surface area contributed by atoms with Crippen molar-refractivity contribution in [3.05, 3.63) is 18.1 Å². The molecule has 0 bridgehead atoms. The van der Waals surface area contributed by atoms with Crippen LogP contribution in [0.4, 0.5) is 0 Å². The number of rotatable bonds is 2. The zero-order valence-corrected chi connectivity index (χ0v) is 10.00. The Morgan fingerprint density at radius 3 is 2.88 bits per heavy atom. The molecular formula is C10H15N3O2S. The molecule has 6 heteroatoms. The van der Waals surface area contributed by atoms with Crippen LogP contribution < -0.4 is 5.32 Å². The van der Waals surface area contributed by atoms with E-state index < -0.39 is 9.84 Å². The standard InChI is InChI=1S/C10H15N3O2S/c1-16(14,15)10-5-9(12-7-13-10)8-3-2-4-11-6-8/h5,7-8,11H,2-4,6H2,1H3. The van der Waals surface area contributed by atoms with Crippen molar-refractivity contribution in [1.29, 1.82) is 0 Å². The fraction of sp³-hybridized carbons (Fsp3) is 0.600. The van der Waals surface area contributed by atoms with Crippen molar-refractivity contribution < 1.29 is 8.42 Å². The lowest BCUT2D eigenvalue weighted by Gasteiger charge is -2.22. The highest BCUT2D eigenvalue weighted by molar-refractivity contribution is 7.90. The molecule has 1 fully saturated rings. The molecule has 0 amide bonds. The van der Waals surface area contributed by atoms with Gasteiger partial charge in [0.25, 0.3) is 0 Å². The number of nitrogens with zero attached hydrogens (tertiary/aromatic N) is 2. The first-order chi connectivity index (χ1) is 7.57. The molecule has 1 aliphatic rings. The van der Waals surface area contributed by atoms with Gasteiger partial charge in [-0.15, -0.1) is 0 Å². The van der Waals surface area contributed by atoms with Gasteiger partial charge in [-0.3, -0.25) is 0 Å². The second-order valence-electron chi connectivity index (χ2n) is 4.10. The molecule has 88 valence electrons. The van der Waals surface area contributed by atoms with Crippen molar-refractivity contribution in [3.8, 4) is 0 Å². The molecule has 1 aromatic heterocycles. The highest BCUT2D eigenvalue weighted by Crippen LogP contribution is 2.22. The van der Waals surface area contributed by atoms with Crippen molar-refractivity contribution in [2.24, 2.45) is 0 Å². The Labute approximate surface area is 95.2 Å². The Kier molecular flexibility index (Phi) is 3.20. The van der Waals surface area contributed by atoms with E-state index in [4.69, 9.17) is 0 Å². The minimum atomic E-state index is -3.24. The molecule has 1 unspecified atom stereocenters. The first kappa shape index (κ1) is 11.5. The lowest BCUT2D eigenvalue weighted by atomic mass is 9.96. The molecule has 1 saturated heterocycles. The summed E-state index contributed by atoms with van der Waals surface area (Å²) in [4.78, 5) is 7.95. The summed E-state index contributed by atoms with van der Waals surface area (Å²) in [6.07, 6.45) is 4.65. The minimum Gasteiger partial charge on any atom is -0.316 e. The van der Waals surface area contributed by atoms with E-state index >= 15 is 0 Å². The van der Waals surface area contributed by atoms with Crippen molar-refractivity contribution in [2.45, 2.75) is 23.8 Å². The number of piperidine rings is 1. The average molecular weight is 241 g/mol. The molecular weight excluding hydrogens is 226 g/mol. The summed E-state index contributed by atoms with van der Waals surface area (Å²) < 4.78 is 22.7. The predicted molar refractivity (Wildman–Crippen MR) is 60.0 cm³/mol. The molecule has 0 aliphatic carbocycles. The summed E-state index contributed by atoms with van der Waals surface area (Å²) in [5.41, 5.74) is 0.822. The number of sulfone groups is 1. The number of aromatic nitrogens is 2. The normalized spacial score (nSPS) is 21.9. The zero-order valence-electron chi connectivity index (χ0n) is 9.18. The van der Waals surface area contributed by atoms with Gasteiger partial charge in [0, 0.05) is 24.4 Å². The van der Waals surface area contributed by atoms with Crippen LogP contribution in [0.15, 0.2) is 17.4 Å². The Morgan fingerprint density at radius 2 is 2.25 bits per heavy atom. The summed E-state index contributed by atoms with van der Waals surface area (Å²) in [6, 6.07) is 1.59. The first-order valence-corrected chi connectivity index (χ1v) is 7.19. The van der Waals surface area contributed by atoms with E-state index in [0.29, 0.717) is 5.92 Å². The van der Waals surface area contributed by atoms with Crippen molar-refractivity contribution in [2.75, 3.05) is 19.3 Å². The summed E-state index contributed by atoms with van der Waals surface area (Å²) in [6.45, 7) is 1.89. The Hall–Kier alpha value is -1.01. The van der Waals surface area contributed by atoms with Gasteiger partial charge in [0.2, 0.25) is 0 Å². The van der Waals surface area contributed by atoms with E-state index in [-0.39, 0.29) is 5.03 Å². The summed E-state index contributed by atoms with van der Waals surface area (Å²) in [5.74, 6) is 0.303. The van der Waals surface area contributed by atoms with Crippen LogP contribution in [-0.4, -0.2) is 37.7 Å². The largest absolute Gasteiger partial charge is 0.316 e. The molecule has 1 aromatic rings. The molecule has 16 heavy (non-hydrogen) atoms. The average Bonchev–Trinajstić information content (AvgIpc) is 2.29. The van der Waals surface area contributed by atoms with Crippen LogP contribution >= 0.6 is 0 Å². The number of nitrogens with one attached hydrogen (secondary N) is 1. The highest BCUT2D eigenvalue weighted by Gasteiger charge is 2.18. The van der Waals surface area contributed by atoms with Gasteiger partial charge in [0.15, 0.2) is 14.9 Å². The van der Waals surface area contributed by atoms with Gasteiger partial charge in [-0.2, -0.15) is 0 Å². The molecule has 0 aromatic carbocycles. The third kappa shape index (κ3) is 2.56. The van der Waals surface area contributed by atoms with Crippen molar-refractivity contribution >= 4 is 9.84 Å². The maximum Gasteiger partial charge on any atom is 0.192 e. The van der Waals surface area contributed by atoms with E-state index in [1.807, 2.05) is 0 Å².